The Morgan fingerprint density at radius 3 is 3.08 bits per heavy atom. The first-order chi connectivity index (χ1) is 5.74. The van der Waals surface area contributed by atoms with Crippen molar-refractivity contribution in [3.05, 3.63) is 23.9 Å². The summed E-state index contributed by atoms with van der Waals surface area (Å²) < 4.78 is 0. The molecule has 60 valence electrons. The van der Waals surface area contributed by atoms with E-state index in [0.29, 0.717) is 10.6 Å². The van der Waals surface area contributed by atoms with E-state index in [9.17, 15) is 0 Å². The van der Waals surface area contributed by atoms with Gasteiger partial charge in [0.15, 0.2) is 5.17 Å². The molecule has 0 bridgehead atoms. The van der Waals surface area contributed by atoms with Gasteiger partial charge in [0.1, 0.15) is 11.1 Å². The van der Waals surface area contributed by atoms with Crippen molar-refractivity contribution in [1.82, 2.24) is 4.98 Å². The number of hydrogen-bond acceptors (Lipinski definition) is 4. The number of aromatic nitrogens is 1. The maximum absolute atomic E-state index is 8.62. The lowest BCUT2D eigenvalue weighted by Crippen LogP contribution is -2.04. The lowest BCUT2D eigenvalue weighted by atomic mass is 10.3. The molecule has 0 amide bonds. The first-order valence-electron chi connectivity index (χ1n) is 3.11. The van der Waals surface area contributed by atoms with E-state index in [-0.39, 0.29) is 5.17 Å². The standard InChI is InChI=1S/C7H6N4S/c8-4-5-2-1-3-11-6(5)12-7(9)10/h1-3H,(H3,9,10). The number of thioether (sulfide) groups is 1. The van der Waals surface area contributed by atoms with Crippen molar-refractivity contribution in [2.24, 2.45) is 5.73 Å². The van der Waals surface area contributed by atoms with Gasteiger partial charge in [-0.3, -0.25) is 5.41 Å². The molecule has 5 heteroatoms. The van der Waals surface area contributed by atoms with E-state index in [2.05, 4.69) is 4.98 Å². The molecule has 0 fully saturated rings. The smallest absolute Gasteiger partial charge is 0.157 e. The zero-order valence-corrected chi connectivity index (χ0v) is 6.93. The van der Waals surface area contributed by atoms with Gasteiger partial charge in [-0.1, -0.05) is 0 Å². The summed E-state index contributed by atoms with van der Waals surface area (Å²) in [6.07, 6.45) is 1.56. The van der Waals surface area contributed by atoms with Gasteiger partial charge in [-0.15, -0.1) is 0 Å². The van der Waals surface area contributed by atoms with Crippen LogP contribution in [0, 0.1) is 16.7 Å². The van der Waals surface area contributed by atoms with Crippen molar-refractivity contribution in [1.29, 1.82) is 10.7 Å². The van der Waals surface area contributed by atoms with E-state index < -0.39 is 0 Å². The molecular formula is C7H6N4S. The molecule has 0 aliphatic heterocycles. The molecule has 0 unspecified atom stereocenters. The topological polar surface area (TPSA) is 86.5 Å². The Kier molecular flexibility index (Phi) is 2.66. The van der Waals surface area contributed by atoms with Crippen LogP contribution in [0.2, 0.25) is 0 Å². The summed E-state index contributed by atoms with van der Waals surface area (Å²) in [6, 6.07) is 5.27. The SMILES string of the molecule is N#Cc1cccnc1SC(=N)N. The third-order valence-corrected chi connectivity index (χ3v) is 1.84. The number of nitrogens with two attached hydrogens (primary N) is 1. The Hall–Kier alpha value is -1.54. The summed E-state index contributed by atoms with van der Waals surface area (Å²) in [4.78, 5) is 3.91. The zero-order valence-electron chi connectivity index (χ0n) is 6.11. The summed E-state index contributed by atoms with van der Waals surface area (Å²) in [5.74, 6) is 0. The maximum atomic E-state index is 8.62. The highest BCUT2D eigenvalue weighted by atomic mass is 32.2. The molecule has 0 saturated heterocycles. The molecule has 1 heterocycles. The van der Waals surface area contributed by atoms with Crippen LogP contribution in [0.4, 0.5) is 0 Å². The van der Waals surface area contributed by atoms with E-state index in [0.717, 1.165) is 11.8 Å². The molecule has 0 saturated carbocycles. The minimum atomic E-state index is -0.0646. The van der Waals surface area contributed by atoms with E-state index in [1.54, 1.807) is 18.3 Å². The van der Waals surface area contributed by atoms with E-state index in [4.69, 9.17) is 16.4 Å². The molecule has 0 spiro atoms. The molecule has 0 atom stereocenters. The fourth-order valence-electron chi connectivity index (χ4n) is 0.661. The summed E-state index contributed by atoms with van der Waals surface area (Å²) >= 11 is 0.977. The molecular weight excluding hydrogens is 172 g/mol. The zero-order chi connectivity index (χ0) is 8.97. The molecule has 0 aromatic carbocycles. The highest BCUT2D eigenvalue weighted by Crippen LogP contribution is 2.17. The Morgan fingerprint density at radius 1 is 1.75 bits per heavy atom. The molecule has 12 heavy (non-hydrogen) atoms. The molecule has 0 aliphatic carbocycles. The fourth-order valence-corrected chi connectivity index (χ4v) is 1.21. The molecule has 3 N–H and O–H groups in total. The molecule has 0 radical (unpaired) electrons. The van der Waals surface area contributed by atoms with Gasteiger partial charge in [-0.25, -0.2) is 4.98 Å². The van der Waals surface area contributed by atoms with Crippen molar-refractivity contribution >= 4 is 16.9 Å². The second kappa shape index (κ2) is 3.74. The highest BCUT2D eigenvalue weighted by molar-refractivity contribution is 8.13. The number of nitrogens with one attached hydrogen (secondary N) is 1. The number of hydrogen-bond donors (Lipinski definition) is 2. The van der Waals surface area contributed by atoms with Crippen LogP contribution in [0.3, 0.4) is 0 Å². The van der Waals surface area contributed by atoms with E-state index in [1.807, 2.05) is 6.07 Å². The minimum Gasteiger partial charge on any atom is -0.378 e. The van der Waals surface area contributed by atoms with Gasteiger partial charge in [0.2, 0.25) is 0 Å². The van der Waals surface area contributed by atoms with E-state index in [1.165, 1.54) is 0 Å². The van der Waals surface area contributed by atoms with Crippen molar-refractivity contribution in [2.45, 2.75) is 5.03 Å². The number of rotatable bonds is 1. The summed E-state index contributed by atoms with van der Waals surface area (Å²) in [5.41, 5.74) is 5.59. The normalized spacial score (nSPS) is 8.92. The third kappa shape index (κ3) is 1.97. The number of nitrogens with zero attached hydrogens (tertiary/aromatic N) is 2. The van der Waals surface area contributed by atoms with Crippen molar-refractivity contribution in [3.8, 4) is 6.07 Å². The van der Waals surface area contributed by atoms with Gasteiger partial charge in [0.05, 0.1) is 5.56 Å². The lowest BCUT2D eigenvalue weighted by molar-refractivity contribution is 1.12. The van der Waals surface area contributed by atoms with Crippen LogP contribution in [-0.2, 0) is 0 Å². The second-order valence-electron chi connectivity index (χ2n) is 1.93. The van der Waals surface area contributed by atoms with Crippen molar-refractivity contribution in [2.75, 3.05) is 0 Å². The van der Waals surface area contributed by atoms with Crippen molar-refractivity contribution < 1.29 is 0 Å². The predicted molar refractivity (Wildman–Crippen MR) is 46.7 cm³/mol. The lowest BCUT2D eigenvalue weighted by Gasteiger charge is -1.98. The molecule has 1 aromatic rings. The quantitative estimate of drug-likeness (QED) is 0.380. The number of pyridine rings is 1. The molecule has 0 aliphatic rings. The maximum Gasteiger partial charge on any atom is 0.157 e. The van der Waals surface area contributed by atoms with Gasteiger partial charge >= 0.3 is 0 Å². The fraction of sp³-hybridized carbons (Fsp3) is 0. The van der Waals surface area contributed by atoms with Crippen LogP contribution >= 0.6 is 11.8 Å². The Labute approximate surface area is 73.9 Å². The number of amidine groups is 1. The average molecular weight is 178 g/mol. The van der Waals surface area contributed by atoms with Gasteiger partial charge in [0, 0.05) is 6.20 Å². The minimum absolute atomic E-state index is 0.0646. The molecule has 4 nitrogen and oxygen atoms in total. The van der Waals surface area contributed by atoms with Crippen LogP contribution in [0.15, 0.2) is 23.4 Å². The van der Waals surface area contributed by atoms with Crippen LogP contribution in [0.5, 0.6) is 0 Å². The molecule has 1 aromatic heterocycles. The summed E-state index contributed by atoms with van der Waals surface area (Å²) in [5, 5.41) is 16.0. The Bertz CT molecular complexity index is 342. The Morgan fingerprint density at radius 2 is 2.50 bits per heavy atom. The third-order valence-electron chi connectivity index (χ3n) is 1.10. The van der Waals surface area contributed by atoms with Gasteiger partial charge in [-0.2, -0.15) is 5.26 Å². The first-order valence-corrected chi connectivity index (χ1v) is 3.92. The predicted octanol–water partition coefficient (Wildman–Crippen LogP) is 0.939. The van der Waals surface area contributed by atoms with Gasteiger partial charge < -0.3 is 5.73 Å². The molecule has 1 rings (SSSR count). The van der Waals surface area contributed by atoms with Crippen LogP contribution in [0.1, 0.15) is 5.56 Å². The average Bonchev–Trinajstić information content (AvgIpc) is 2.04. The van der Waals surface area contributed by atoms with Crippen LogP contribution in [-0.4, -0.2) is 10.2 Å². The largest absolute Gasteiger partial charge is 0.378 e. The Balaban J connectivity index is 2.99. The summed E-state index contributed by atoms with van der Waals surface area (Å²) in [6.45, 7) is 0. The van der Waals surface area contributed by atoms with Crippen LogP contribution in [0.25, 0.3) is 0 Å². The highest BCUT2D eigenvalue weighted by Gasteiger charge is 2.03. The summed E-state index contributed by atoms with van der Waals surface area (Å²) in [7, 11) is 0. The van der Waals surface area contributed by atoms with Crippen molar-refractivity contribution in [3.63, 3.8) is 0 Å². The second-order valence-corrected chi connectivity index (χ2v) is 2.96. The number of nitriles is 1. The monoisotopic (exact) mass is 178 g/mol. The van der Waals surface area contributed by atoms with E-state index >= 15 is 0 Å². The first kappa shape index (κ1) is 8.56. The van der Waals surface area contributed by atoms with Crippen LogP contribution < -0.4 is 5.73 Å². The van der Waals surface area contributed by atoms with Gasteiger partial charge in [0.25, 0.3) is 0 Å². The van der Waals surface area contributed by atoms with Gasteiger partial charge in [-0.05, 0) is 23.9 Å².